The van der Waals surface area contributed by atoms with Gasteiger partial charge in [0.25, 0.3) is 0 Å². The predicted molar refractivity (Wildman–Crippen MR) is 78.3 cm³/mol. The molecule has 0 aliphatic heterocycles. The van der Waals surface area contributed by atoms with E-state index in [2.05, 4.69) is 20.3 Å². The van der Waals surface area contributed by atoms with Gasteiger partial charge >= 0.3 is 0 Å². The zero-order valence-electron chi connectivity index (χ0n) is 10.2. The molecule has 1 aromatic carbocycles. The van der Waals surface area contributed by atoms with E-state index in [0.717, 1.165) is 22.7 Å². The molecule has 19 heavy (non-hydrogen) atoms. The highest BCUT2D eigenvalue weighted by atomic mass is 35.5. The Morgan fingerprint density at radius 1 is 1.21 bits per heavy atom. The van der Waals surface area contributed by atoms with E-state index in [9.17, 15) is 0 Å². The van der Waals surface area contributed by atoms with Gasteiger partial charge in [-0.25, -0.2) is 9.97 Å². The number of aromatic nitrogens is 3. The van der Waals surface area contributed by atoms with Gasteiger partial charge in [-0.1, -0.05) is 11.6 Å². The van der Waals surface area contributed by atoms with Gasteiger partial charge in [0, 0.05) is 12.6 Å². The zero-order chi connectivity index (χ0) is 13.4. The number of nitrogens with zero attached hydrogens (tertiary/aromatic N) is 2. The monoisotopic (exact) mass is 273 g/mol. The molecular formula is C13H12ClN5. The van der Waals surface area contributed by atoms with Crippen LogP contribution in [0.1, 0.15) is 0 Å². The third-order valence-electron chi connectivity index (χ3n) is 2.88. The van der Waals surface area contributed by atoms with E-state index in [1.807, 2.05) is 25.2 Å². The van der Waals surface area contributed by atoms with Gasteiger partial charge in [0.1, 0.15) is 11.6 Å². The molecule has 3 rings (SSSR count). The number of nitrogens with one attached hydrogen (secondary N) is 2. The average molecular weight is 274 g/mol. The summed E-state index contributed by atoms with van der Waals surface area (Å²) in [7, 11) is 1.82. The van der Waals surface area contributed by atoms with Crippen LogP contribution in [-0.4, -0.2) is 22.0 Å². The number of benzene rings is 1. The van der Waals surface area contributed by atoms with Crippen molar-refractivity contribution in [2.45, 2.75) is 0 Å². The van der Waals surface area contributed by atoms with E-state index >= 15 is 0 Å². The number of pyridine rings is 1. The quantitative estimate of drug-likeness (QED) is 0.627. The van der Waals surface area contributed by atoms with Crippen molar-refractivity contribution >= 4 is 34.3 Å². The lowest BCUT2D eigenvalue weighted by molar-refractivity contribution is 1.28. The molecule has 0 aliphatic carbocycles. The second-order valence-electron chi connectivity index (χ2n) is 4.14. The summed E-state index contributed by atoms with van der Waals surface area (Å²) in [5, 5.41) is 3.50. The normalized spacial score (nSPS) is 10.8. The number of aromatic amines is 1. The van der Waals surface area contributed by atoms with Crippen molar-refractivity contribution in [3.8, 4) is 11.4 Å². The maximum absolute atomic E-state index is 6.02. The van der Waals surface area contributed by atoms with Gasteiger partial charge in [0.05, 0.1) is 16.2 Å². The van der Waals surface area contributed by atoms with Crippen molar-refractivity contribution in [1.29, 1.82) is 0 Å². The Bertz CT molecular complexity index is 750. The summed E-state index contributed by atoms with van der Waals surface area (Å²) in [6.45, 7) is 0. The summed E-state index contributed by atoms with van der Waals surface area (Å²) in [6.07, 6.45) is 0. The van der Waals surface area contributed by atoms with Gasteiger partial charge in [-0.2, -0.15) is 0 Å². The molecule has 0 radical (unpaired) electrons. The minimum atomic E-state index is 0.516. The van der Waals surface area contributed by atoms with Crippen LogP contribution in [0.25, 0.3) is 22.6 Å². The van der Waals surface area contributed by atoms with E-state index in [1.54, 1.807) is 12.1 Å². The Morgan fingerprint density at radius 2 is 2.05 bits per heavy atom. The second kappa shape index (κ2) is 4.44. The van der Waals surface area contributed by atoms with Crippen molar-refractivity contribution in [2.24, 2.45) is 0 Å². The topological polar surface area (TPSA) is 79.6 Å². The number of hydrogen-bond donors (Lipinski definition) is 3. The smallest absolute Gasteiger partial charge is 0.180 e. The fourth-order valence-electron chi connectivity index (χ4n) is 1.84. The highest BCUT2D eigenvalue weighted by Crippen LogP contribution is 2.26. The maximum Gasteiger partial charge on any atom is 0.180 e. The van der Waals surface area contributed by atoms with Crippen molar-refractivity contribution in [3.63, 3.8) is 0 Å². The molecule has 2 heterocycles. The molecule has 0 atom stereocenters. The molecule has 3 aromatic rings. The Balaban J connectivity index is 2.11. The minimum absolute atomic E-state index is 0.516. The lowest BCUT2D eigenvalue weighted by Crippen LogP contribution is -1.91. The van der Waals surface area contributed by atoms with E-state index in [-0.39, 0.29) is 0 Å². The maximum atomic E-state index is 6.02. The molecule has 6 heteroatoms. The number of rotatable bonds is 2. The van der Waals surface area contributed by atoms with Gasteiger partial charge < -0.3 is 16.0 Å². The van der Waals surface area contributed by atoms with Crippen LogP contribution >= 0.6 is 11.6 Å². The molecule has 2 aromatic heterocycles. The summed E-state index contributed by atoms with van der Waals surface area (Å²) in [4.78, 5) is 12.0. The Labute approximate surface area is 114 Å². The van der Waals surface area contributed by atoms with Gasteiger partial charge in [0.15, 0.2) is 5.65 Å². The SMILES string of the molecule is CNc1ccc2[nH]c(-c3ccc(N)c(Cl)c3)nc2n1. The number of imidazole rings is 1. The molecule has 0 saturated carbocycles. The summed E-state index contributed by atoms with van der Waals surface area (Å²) in [5.41, 5.74) is 8.67. The standard InChI is InChI=1S/C13H12ClN5/c1-16-11-5-4-10-13(18-11)19-12(17-10)7-2-3-9(15)8(14)6-7/h2-6H,15H2,1H3,(H2,16,17,18,19). The molecule has 0 amide bonds. The molecule has 0 saturated heterocycles. The van der Waals surface area contributed by atoms with Crippen molar-refractivity contribution in [1.82, 2.24) is 15.0 Å². The van der Waals surface area contributed by atoms with Gasteiger partial charge in [0.2, 0.25) is 0 Å². The van der Waals surface area contributed by atoms with Crippen molar-refractivity contribution < 1.29 is 0 Å². The van der Waals surface area contributed by atoms with Crippen molar-refractivity contribution in [3.05, 3.63) is 35.4 Å². The highest BCUT2D eigenvalue weighted by molar-refractivity contribution is 6.33. The van der Waals surface area contributed by atoms with Crippen LogP contribution in [0.4, 0.5) is 11.5 Å². The first-order chi connectivity index (χ1) is 9.17. The molecule has 0 unspecified atom stereocenters. The summed E-state index contributed by atoms with van der Waals surface area (Å²) >= 11 is 6.02. The largest absolute Gasteiger partial charge is 0.398 e. The van der Waals surface area contributed by atoms with E-state index in [4.69, 9.17) is 17.3 Å². The van der Waals surface area contributed by atoms with Gasteiger partial charge in [-0.3, -0.25) is 0 Å². The van der Waals surface area contributed by atoms with E-state index < -0.39 is 0 Å². The lowest BCUT2D eigenvalue weighted by Gasteiger charge is -2.00. The average Bonchev–Trinajstić information content (AvgIpc) is 2.84. The summed E-state index contributed by atoms with van der Waals surface area (Å²) in [5.74, 6) is 1.50. The van der Waals surface area contributed by atoms with E-state index in [1.165, 1.54) is 0 Å². The Kier molecular flexibility index (Phi) is 2.76. The first-order valence-corrected chi connectivity index (χ1v) is 6.15. The Morgan fingerprint density at radius 3 is 2.79 bits per heavy atom. The fourth-order valence-corrected chi connectivity index (χ4v) is 2.02. The Hall–Kier alpha value is -2.27. The number of nitrogen functional groups attached to an aromatic ring is 1. The van der Waals surface area contributed by atoms with Gasteiger partial charge in [-0.15, -0.1) is 0 Å². The van der Waals surface area contributed by atoms with Crippen LogP contribution < -0.4 is 11.1 Å². The molecule has 4 N–H and O–H groups in total. The van der Waals surface area contributed by atoms with E-state index in [0.29, 0.717) is 16.4 Å². The highest BCUT2D eigenvalue weighted by Gasteiger charge is 2.08. The number of nitrogens with two attached hydrogens (primary N) is 1. The third kappa shape index (κ3) is 2.08. The zero-order valence-corrected chi connectivity index (χ0v) is 11.0. The molecule has 0 aliphatic rings. The minimum Gasteiger partial charge on any atom is -0.398 e. The number of halogens is 1. The molecule has 0 bridgehead atoms. The molecule has 0 fully saturated rings. The van der Waals surface area contributed by atoms with Crippen LogP contribution in [0.3, 0.4) is 0 Å². The van der Waals surface area contributed by atoms with Crippen LogP contribution in [0.15, 0.2) is 30.3 Å². The van der Waals surface area contributed by atoms with Crippen molar-refractivity contribution in [2.75, 3.05) is 18.1 Å². The summed E-state index contributed by atoms with van der Waals surface area (Å²) < 4.78 is 0. The first kappa shape index (κ1) is 11.8. The third-order valence-corrected chi connectivity index (χ3v) is 3.20. The fraction of sp³-hybridized carbons (Fsp3) is 0.0769. The first-order valence-electron chi connectivity index (χ1n) is 5.77. The van der Waals surface area contributed by atoms with Crippen LogP contribution in [-0.2, 0) is 0 Å². The predicted octanol–water partition coefficient (Wildman–Crippen LogP) is 2.90. The molecular weight excluding hydrogens is 262 g/mol. The second-order valence-corrected chi connectivity index (χ2v) is 4.55. The number of anilines is 2. The van der Waals surface area contributed by atoms with Crippen LogP contribution in [0.5, 0.6) is 0 Å². The number of fused-ring (bicyclic) bond motifs is 1. The van der Waals surface area contributed by atoms with Gasteiger partial charge in [-0.05, 0) is 30.3 Å². The summed E-state index contributed by atoms with van der Waals surface area (Å²) in [6, 6.07) is 9.24. The van der Waals surface area contributed by atoms with Crippen LogP contribution in [0.2, 0.25) is 5.02 Å². The molecule has 96 valence electrons. The van der Waals surface area contributed by atoms with Crippen LogP contribution in [0, 0.1) is 0 Å². The lowest BCUT2D eigenvalue weighted by atomic mass is 10.2. The molecule has 0 spiro atoms. The number of H-pyrrole nitrogens is 1. The number of hydrogen-bond acceptors (Lipinski definition) is 4. The molecule has 5 nitrogen and oxygen atoms in total.